The van der Waals surface area contributed by atoms with E-state index in [1.807, 2.05) is 31.2 Å². The van der Waals surface area contributed by atoms with Crippen molar-refractivity contribution in [2.75, 3.05) is 13.1 Å². The largest absolute Gasteiger partial charge is 0.347 e. The van der Waals surface area contributed by atoms with Crippen LogP contribution in [0, 0.1) is 36.0 Å². The number of aromatic amines is 1. The number of carbonyl (C=O) groups is 1. The summed E-state index contributed by atoms with van der Waals surface area (Å²) < 4.78 is 1.72. The first-order valence-corrected chi connectivity index (χ1v) is 13.0. The highest BCUT2D eigenvalue weighted by Crippen LogP contribution is 2.61. The predicted octanol–water partition coefficient (Wildman–Crippen LogP) is 4.26. The van der Waals surface area contributed by atoms with Crippen LogP contribution in [0.15, 0.2) is 29.1 Å². The highest BCUT2D eigenvalue weighted by Gasteiger charge is 2.51. The van der Waals surface area contributed by atoms with Gasteiger partial charge in [0.2, 0.25) is 5.91 Å². The van der Waals surface area contributed by atoms with Gasteiger partial charge in [-0.25, -0.2) is 14.5 Å². The summed E-state index contributed by atoms with van der Waals surface area (Å²) in [6, 6.07) is 7.94. The van der Waals surface area contributed by atoms with Crippen LogP contribution < -0.4 is 5.69 Å². The molecule has 1 aromatic heterocycles. The normalized spacial score (nSPS) is 31.3. The maximum absolute atomic E-state index is 13.3. The smallest absolute Gasteiger partial charge is 0.343 e. The van der Waals surface area contributed by atoms with Gasteiger partial charge in [0.1, 0.15) is 5.82 Å². The summed E-state index contributed by atoms with van der Waals surface area (Å²) in [5.41, 5.74) is 2.10. The van der Waals surface area contributed by atoms with Crippen LogP contribution in [0.25, 0.3) is 5.69 Å². The minimum absolute atomic E-state index is 0.178. The Morgan fingerprint density at radius 2 is 1.70 bits per heavy atom. The van der Waals surface area contributed by atoms with Crippen molar-refractivity contribution >= 4 is 5.91 Å². The zero-order valence-electron chi connectivity index (χ0n) is 19.8. The van der Waals surface area contributed by atoms with Crippen molar-refractivity contribution in [3.05, 3.63) is 46.1 Å². The Kier molecular flexibility index (Phi) is 5.22. The Morgan fingerprint density at radius 3 is 2.33 bits per heavy atom. The Hall–Kier alpha value is -2.37. The van der Waals surface area contributed by atoms with Crippen LogP contribution in [0.5, 0.6) is 0 Å². The highest BCUT2D eigenvalue weighted by atomic mass is 16.2. The van der Waals surface area contributed by atoms with Gasteiger partial charge < -0.3 is 4.90 Å². The monoisotopic (exact) mass is 448 g/mol. The summed E-state index contributed by atoms with van der Waals surface area (Å²) in [5, 5.41) is 6.99. The number of nitrogens with zero attached hydrogens (tertiary/aromatic N) is 3. The molecule has 0 unspecified atom stereocenters. The molecular weight excluding hydrogens is 412 g/mol. The number of hydrogen-bond acceptors (Lipinski definition) is 3. The molecule has 5 fully saturated rings. The zero-order valence-corrected chi connectivity index (χ0v) is 19.8. The van der Waals surface area contributed by atoms with Crippen molar-refractivity contribution in [2.24, 2.45) is 29.1 Å². The number of amides is 1. The molecule has 1 aliphatic heterocycles. The first kappa shape index (κ1) is 21.2. The molecule has 176 valence electrons. The van der Waals surface area contributed by atoms with Gasteiger partial charge in [0.15, 0.2) is 0 Å². The lowest BCUT2D eigenvalue weighted by atomic mass is 9.49. The van der Waals surface area contributed by atoms with E-state index >= 15 is 0 Å². The van der Waals surface area contributed by atoms with E-state index in [0.717, 1.165) is 73.6 Å². The maximum Gasteiger partial charge on any atom is 0.347 e. The summed E-state index contributed by atoms with van der Waals surface area (Å²) >= 11 is 0. The lowest BCUT2D eigenvalue weighted by Gasteiger charge is -2.57. The molecule has 5 aliphatic rings. The average Bonchev–Trinajstić information content (AvgIpc) is 3.13. The van der Waals surface area contributed by atoms with Crippen molar-refractivity contribution in [3.8, 4) is 5.69 Å². The molecule has 1 aromatic carbocycles. The quantitative estimate of drug-likeness (QED) is 0.743. The molecule has 6 heteroatoms. The standard InChI is InChI=1S/C27H36N4O2/c1-18-4-2-3-5-23(18)31-24(28-29-26(31)33)13-19-6-8-30(9-7-19)25(32)17-27-14-20-10-21(15-27)12-22(11-20)16-27/h2-5,19-22H,6-17H2,1H3,(H,29,33). The number of benzene rings is 1. The molecule has 4 saturated carbocycles. The molecule has 0 radical (unpaired) electrons. The molecule has 4 aliphatic carbocycles. The third-order valence-electron chi connectivity index (χ3n) is 9.23. The lowest BCUT2D eigenvalue weighted by Crippen LogP contribution is -2.49. The number of H-pyrrole nitrogens is 1. The molecule has 0 spiro atoms. The van der Waals surface area contributed by atoms with Crippen LogP contribution in [0.3, 0.4) is 0 Å². The van der Waals surface area contributed by atoms with Crippen molar-refractivity contribution in [1.29, 1.82) is 0 Å². The molecule has 1 amide bonds. The van der Waals surface area contributed by atoms with Crippen molar-refractivity contribution < 1.29 is 4.79 Å². The van der Waals surface area contributed by atoms with Crippen molar-refractivity contribution in [2.45, 2.75) is 71.1 Å². The van der Waals surface area contributed by atoms with Gasteiger partial charge in [0.25, 0.3) is 0 Å². The third kappa shape index (κ3) is 3.95. The highest BCUT2D eigenvalue weighted by molar-refractivity contribution is 5.77. The topological polar surface area (TPSA) is 71.0 Å². The fraction of sp³-hybridized carbons (Fsp3) is 0.667. The Morgan fingerprint density at radius 1 is 1.06 bits per heavy atom. The predicted molar refractivity (Wildman–Crippen MR) is 127 cm³/mol. The van der Waals surface area contributed by atoms with E-state index in [4.69, 9.17) is 0 Å². The third-order valence-corrected chi connectivity index (χ3v) is 9.23. The molecule has 7 rings (SSSR count). The molecule has 33 heavy (non-hydrogen) atoms. The minimum atomic E-state index is -0.178. The molecule has 4 bridgehead atoms. The molecule has 1 saturated heterocycles. The first-order chi connectivity index (χ1) is 16.0. The molecule has 6 nitrogen and oxygen atoms in total. The van der Waals surface area contributed by atoms with Gasteiger partial charge in [-0.15, -0.1) is 0 Å². The fourth-order valence-corrected chi connectivity index (χ4v) is 8.11. The number of likely N-dealkylation sites (tertiary alicyclic amines) is 1. The lowest BCUT2D eigenvalue weighted by molar-refractivity contribution is -0.140. The van der Waals surface area contributed by atoms with Crippen LogP contribution in [0.4, 0.5) is 0 Å². The summed E-state index contributed by atoms with van der Waals surface area (Å²) in [5.74, 6) is 4.34. The van der Waals surface area contributed by atoms with E-state index in [9.17, 15) is 9.59 Å². The number of rotatable bonds is 5. The molecule has 2 aromatic rings. The Balaban J connectivity index is 1.08. The maximum atomic E-state index is 13.3. The summed E-state index contributed by atoms with van der Waals surface area (Å²) in [4.78, 5) is 27.9. The number of nitrogens with one attached hydrogen (secondary N) is 1. The summed E-state index contributed by atoms with van der Waals surface area (Å²) in [6.07, 6.45) is 11.7. The van der Waals surface area contributed by atoms with Crippen LogP contribution in [0.1, 0.15) is 69.2 Å². The van der Waals surface area contributed by atoms with Gasteiger partial charge >= 0.3 is 5.69 Å². The first-order valence-electron chi connectivity index (χ1n) is 13.0. The van der Waals surface area contributed by atoms with Crippen LogP contribution >= 0.6 is 0 Å². The van der Waals surface area contributed by atoms with Crippen molar-refractivity contribution in [1.82, 2.24) is 19.7 Å². The van der Waals surface area contributed by atoms with Crippen LogP contribution in [-0.4, -0.2) is 38.7 Å². The van der Waals surface area contributed by atoms with E-state index in [0.29, 0.717) is 17.2 Å². The summed E-state index contributed by atoms with van der Waals surface area (Å²) in [7, 11) is 0. The minimum Gasteiger partial charge on any atom is -0.343 e. The molecule has 2 heterocycles. The van der Waals surface area contributed by atoms with E-state index in [2.05, 4.69) is 15.1 Å². The van der Waals surface area contributed by atoms with E-state index in [-0.39, 0.29) is 5.69 Å². The second-order valence-corrected chi connectivity index (χ2v) is 11.7. The van der Waals surface area contributed by atoms with Gasteiger partial charge in [-0.05, 0) is 99.0 Å². The number of aryl methyl sites for hydroxylation is 1. The number of piperidine rings is 1. The van der Waals surface area contributed by atoms with Gasteiger partial charge in [-0.3, -0.25) is 4.79 Å². The molecule has 1 N–H and O–H groups in total. The summed E-state index contributed by atoms with van der Waals surface area (Å²) in [6.45, 7) is 3.70. The van der Waals surface area contributed by atoms with Gasteiger partial charge in [0, 0.05) is 25.9 Å². The molecule has 0 atom stereocenters. The second kappa shape index (κ2) is 8.14. The van der Waals surface area contributed by atoms with Gasteiger partial charge in [-0.1, -0.05) is 18.2 Å². The zero-order chi connectivity index (χ0) is 22.6. The van der Waals surface area contributed by atoms with Gasteiger partial charge in [0.05, 0.1) is 5.69 Å². The Bertz CT molecular complexity index is 1060. The number of hydrogen-bond donors (Lipinski definition) is 1. The van der Waals surface area contributed by atoms with Crippen LogP contribution in [-0.2, 0) is 11.2 Å². The Labute approximate surface area is 195 Å². The average molecular weight is 449 g/mol. The van der Waals surface area contributed by atoms with E-state index in [1.54, 1.807) is 4.57 Å². The number of aromatic nitrogens is 3. The fourth-order valence-electron chi connectivity index (χ4n) is 8.11. The SMILES string of the molecule is Cc1ccccc1-n1c(CC2CCN(C(=O)CC34CC5CC(CC(C5)C3)C4)CC2)n[nH]c1=O. The van der Waals surface area contributed by atoms with E-state index < -0.39 is 0 Å². The number of carbonyl (C=O) groups excluding carboxylic acids is 1. The van der Waals surface area contributed by atoms with Gasteiger partial charge in [-0.2, -0.15) is 5.10 Å². The molecular formula is C27H36N4O2. The van der Waals surface area contributed by atoms with Crippen LogP contribution in [0.2, 0.25) is 0 Å². The number of para-hydroxylation sites is 1. The second-order valence-electron chi connectivity index (χ2n) is 11.7. The van der Waals surface area contributed by atoms with E-state index in [1.165, 1.54) is 38.5 Å². The van der Waals surface area contributed by atoms with Crippen molar-refractivity contribution in [3.63, 3.8) is 0 Å².